The van der Waals surface area contributed by atoms with E-state index >= 15 is 0 Å². The fraction of sp³-hybridized carbons (Fsp3) is 0.185. The first-order chi connectivity index (χ1) is 34.4. The number of aromatic nitrogens is 4. The van der Waals surface area contributed by atoms with E-state index < -0.39 is 60.4 Å². The van der Waals surface area contributed by atoms with E-state index in [1.54, 1.807) is 27.3 Å². The minimum atomic E-state index is -0.550. The van der Waals surface area contributed by atoms with Crippen molar-refractivity contribution in [3.05, 3.63) is 176 Å². The molecule has 2 aliphatic rings. The summed E-state index contributed by atoms with van der Waals surface area (Å²) in [7, 11) is 0. The molecule has 0 radical (unpaired) electrons. The van der Waals surface area contributed by atoms with E-state index in [4.69, 9.17) is 23.4 Å². The molecule has 0 bridgehead atoms. The van der Waals surface area contributed by atoms with Gasteiger partial charge in [-0.3, -0.25) is 4.57 Å². The van der Waals surface area contributed by atoms with Gasteiger partial charge < -0.3 is 23.7 Å². The third-order valence-electron chi connectivity index (χ3n) is 11.8. The molecule has 0 unspecified atom stereocenters. The van der Waals surface area contributed by atoms with Crippen LogP contribution in [-0.2, 0) is 0 Å². The summed E-state index contributed by atoms with van der Waals surface area (Å²) < 4.78 is 100.0. The first kappa shape index (κ1) is 27.6. The molecule has 0 spiro atoms. The molecule has 7 heteroatoms. The van der Waals surface area contributed by atoms with Crippen LogP contribution in [0.2, 0.25) is 0 Å². The maximum atomic E-state index is 9.08. The van der Waals surface area contributed by atoms with Crippen LogP contribution in [0.15, 0.2) is 170 Å². The monoisotopic (exact) mass is 806 g/mol. The Bertz CT molecular complexity index is 3430. The summed E-state index contributed by atoms with van der Waals surface area (Å²) in [6.07, 6.45) is 13.7. The number of pyridine rings is 1. The van der Waals surface area contributed by atoms with Crippen molar-refractivity contribution in [1.82, 2.24) is 14.1 Å². The number of hydrogen-bond acceptors (Lipinski definition) is 4. The Labute approximate surface area is 371 Å². The molecule has 7 nitrogen and oxygen atoms in total. The zero-order valence-electron chi connectivity index (χ0n) is 43.6. The lowest BCUT2D eigenvalue weighted by atomic mass is 9.95. The Morgan fingerprint density at radius 3 is 1.97 bits per heavy atom. The first-order valence-electron chi connectivity index (χ1n) is 26.0. The molecule has 2 saturated heterocycles. The van der Waals surface area contributed by atoms with Crippen LogP contribution in [0.25, 0.3) is 61.3 Å². The molecule has 0 amide bonds. The molecule has 6 aromatic carbocycles. The van der Waals surface area contributed by atoms with E-state index in [-0.39, 0.29) is 27.9 Å². The van der Waals surface area contributed by atoms with Gasteiger partial charge in [0.15, 0.2) is 12.1 Å². The summed E-state index contributed by atoms with van der Waals surface area (Å²) >= 11 is 0. The number of piperidine rings is 2. The highest BCUT2D eigenvalue weighted by Crippen LogP contribution is 2.38. The number of benzene rings is 6. The molecule has 3 aromatic heterocycles. The van der Waals surface area contributed by atoms with Crippen LogP contribution in [-0.4, -0.2) is 40.3 Å². The maximum Gasteiger partial charge on any atom is 0.197 e. The molecule has 2 aliphatic heterocycles. The Morgan fingerprint density at radius 2 is 1.23 bits per heavy atom. The molecule has 0 N–H and O–H groups in total. The number of anilines is 2. The van der Waals surface area contributed by atoms with Gasteiger partial charge in [0.2, 0.25) is 0 Å². The molecule has 300 valence electrons. The Balaban J connectivity index is 1.06. The van der Waals surface area contributed by atoms with Gasteiger partial charge in [-0.05, 0) is 97.2 Å². The summed E-state index contributed by atoms with van der Waals surface area (Å²) in [5, 5.41) is 2.17. The minimum Gasteiger partial charge on any atom is -0.458 e. The van der Waals surface area contributed by atoms with Gasteiger partial charge in [-0.1, -0.05) is 109 Å². The number of rotatable bonds is 9. The smallest absolute Gasteiger partial charge is 0.197 e. The fourth-order valence-corrected chi connectivity index (χ4v) is 8.93. The summed E-state index contributed by atoms with van der Waals surface area (Å²) in [5.74, 6) is 2.62. The maximum absolute atomic E-state index is 9.08. The molecular formula is C54H48N6O. The molecule has 11 rings (SSSR count). The van der Waals surface area contributed by atoms with E-state index in [1.165, 1.54) is 19.3 Å². The number of fused-ring (bicyclic) bond motifs is 3. The van der Waals surface area contributed by atoms with E-state index in [9.17, 15) is 0 Å². The van der Waals surface area contributed by atoms with E-state index in [1.807, 2.05) is 60.9 Å². The van der Waals surface area contributed by atoms with Crippen molar-refractivity contribution in [2.45, 2.75) is 38.5 Å². The van der Waals surface area contributed by atoms with Crippen molar-refractivity contribution in [2.24, 2.45) is 0 Å². The average molecular weight is 807 g/mol. The number of nitrogens with zero attached hydrogens (tertiary/aromatic N) is 6. The van der Waals surface area contributed by atoms with E-state index in [2.05, 4.69) is 51.0 Å². The Kier molecular flexibility index (Phi) is 7.31. The molecule has 5 heterocycles. The lowest BCUT2D eigenvalue weighted by Crippen LogP contribution is -2.41. The van der Waals surface area contributed by atoms with Crippen molar-refractivity contribution in [3.63, 3.8) is 0 Å². The topological polar surface area (TPSA) is 42.3 Å². The second-order valence-electron chi connectivity index (χ2n) is 15.6. The lowest BCUT2D eigenvalue weighted by Gasteiger charge is -2.29. The van der Waals surface area contributed by atoms with Crippen molar-refractivity contribution in [3.8, 4) is 50.9 Å². The zero-order chi connectivity index (χ0) is 49.2. The van der Waals surface area contributed by atoms with Crippen LogP contribution in [0.1, 0.15) is 52.2 Å². The van der Waals surface area contributed by atoms with Gasteiger partial charge in [0, 0.05) is 59.8 Å². The Hall–Kier alpha value is -7.12. The third kappa shape index (κ3) is 7.10. The number of imidazole rings is 1. The number of para-hydroxylation sites is 2. The van der Waals surface area contributed by atoms with Gasteiger partial charge in [0.25, 0.3) is 0 Å². The summed E-state index contributed by atoms with van der Waals surface area (Å²) in [4.78, 5) is 9.50. The average Bonchev–Trinajstić information content (AvgIpc) is 3.99. The molecule has 0 saturated carbocycles. The fourth-order valence-electron chi connectivity index (χ4n) is 8.93. The van der Waals surface area contributed by atoms with Gasteiger partial charge >= 0.3 is 0 Å². The number of hydrogen-bond donors (Lipinski definition) is 0. The molecular weight excluding hydrogens is 749 g/mol. The minimum absolute atomic E-state index is 0.102. The van der Waals surface area contributed by atoms with Gasteiger partial charge in [0.1, 0.15) is 17.3 Å². The molecule has 0 atom stereocenters. The van der Waals surface area contributed by atoms with Crippen molar-refractivity contribution in [2.75, 3.05) is 36.0 Å². The SMILES string of the molecule is [2H]c1c([2H])c([2H])c(-c2cccc(-c3c([2H])c([2H])c([2H])c([2H])c3[2H])c2-[n+]2[c-]n(-c3cccc(Oc4ccc5c6ccccc6n(-c6cc(N7CCCCC7)ccn6)c5c4)c3)cc2N2CCCCC2)c([2H])c1[2H]. The molecule has 9 aromatic rings. The summed E-state index contributed by atoms with van der Waals surface area (Å²) in [6, 6.07) is 26.1. The number of ether oxygens (including phenoxy) is 1. The normalized spacial score (nSPS) is 16.8. The van der Waals surface area contributed by atoms with Gasteiger partial charge in [-0.25, -0.2) is 4.98 Å². The van der Waals surface area contributed by atoms with Gasteiger partial charge in [-0.2, -0.15) is 0 Å². The summed E-state index contributed by atoms with van der Waals surface area (Å²) in [5.41, 5.74) is 4.22. The largest absolute Gasteiger partial charge is 0.458 e. The van der Waals surface area contributed by atoms with Crippen molar-refractivity contribution in [1.29, 1.82) is 0 Å². The second kappa shape index (κ2) is 16.1. The van der Waals surface area contributed by atoms with Crippen LogP contribution in [0, 0.1) is 6.33 Å². The van der Waals surface area contributed by atoms with Crippen molar-refractivity contribution < 1.29 is 23.0 Å². The third-order valence-corrected chi connectivity index (χ3v) is 11.8. The van der Waals surface area contributed by atoms with Gasteiger partial charge in [-0.15, -0.1) is 0 Å². The zero-order valence-corrected chi connectivity index (χ0v) is 33.6. The predicted octanol–water partition coefficient (Wildman–Crippen LogP) is 12.2. The van der Waals surface area contributed by atoms with Crippen LogP contribution in [0.3, 0.4) is 0 Å². The van der Waals surface area contributed by atoms with Crippen LogP contribution < -0.4 is 19.1 Å². The van der Waals surface area contributed by atoms with Crippen LogP contribution in [0.5, 0.6) is 11.5 Å². The van der Waals surface area contributed by atoms with Crippen LogP contribution in [0.4, 0.5) is 11.5 Å². The first-order valence-corrected chi connectivity index (χ1v) is 21.0. The van der Waals surface area contributed by atoms with Crippen molar-refractivity contribution >= 4 is 33.3 Å². The Morgan fingerprint density at radius 1 is 0.574 bits per heavy atom. The van der Waals surface area contributed by atoms with E-state index in [0.29, 0.717) is 36.1 Å². The standard InChI is InChI=1S/C54H48N6O/c1-5-17-40(18-6-1)46-24-16-25-47(41-19-7-2-8-20-41)54(46)59-39-58(38-53(59)57-33-13-4-14-34-57)42-21-15-22-44(35-42)61-45-27-28-49-48-23-9-10-26-50(48)60(51(49)37-45)52-36-43(29-30-55-52)56-31-11-3-12-32-56/h1-2,5-10,15-30,35-38H,3-4,11-14,31-34H2/i1D,2D,5D,6D,7D,8D,17D,18D,19D,20D. The molecule has 0 aliphatic carbocycles. The molecule has 2 fully saturated rings. The highest BCUT2D eigenvalue weighted by molar-refractivity contribution is 6.09. The van der Waals surface area contributed by atoms with Crippen LogP contribution >= 0.6 is 0 Å². The summed E-state index contributed by atoms with van der Waals surface area (Å²) in [6.45, 7) is 3.40. The highest BCUT2D eigenvalue weighted by Gasteiger charge is 2.24. The quantitative estimate of drug-likeness (QED) is 0.108. The highest BCUT2D eigenvalue weighted by atomic mass is 16.5. The molecule has 61 heavy (non-hydrogen) atoms. The predicted molar refractivity (Wildman–Crippen MR) is 248 cm³/mol. The lowest BCUT2D eigenvalue weighted by molar-refractivity contribution is -0.585. The second-order valence-corrected chi connectivity index (χ2v) is 15.6. The van der Waals surface area contributed by atoms with E-state index in [0.717, 1.165) is 65.7 Å². The van der Waals surface area contributed by atoms with Gasteiger partial charge in [0.05, 0.1) is 43.5 Å².